The molecule has 12 rings (SSSR count). The lowest BCUT2D eigenvalue weighted by Gasteiger charge is -2.20. The average molecular weight is 1060 g/mol. The van der Waals surface area contributed by atoms with Gasteiger partial charge in [-0.05, 0) is 149 Å². The van der Waals surface area contributed by atoms with Gasteiger partial charge in [-0.2, -0.15) is 8.75 Å². The SMILES string of the molecule is Cc1ccc(Oc2cccc(Oc3ccc(C)cc3)c2-c2ccc(-c3c(Oc4ccccc4)c(Oc4ccccc4)c(-c4ccc(-c5c(Oc6ccc(C)cc6)cccc5Oc5ccc(C)cc5)s4)c4nsnc34)s2)cc1. The highest BCUT2D eigenvalue weighted by Gasteiger charge is 2.31. The number of aromatic nitrogens is 2. The van der Waals surface area contributed by atoms with Gasteiger partial charge in [0.2, 0.25) is 0 Å². The van der Waals surface area contributed by atoms with E-state index in [1.165, 1.54) is 0 Å². The molecule has 0 saturated heterocycles. The van der Waals surface area contributed by atoms with E-state index in [1.54, 1.807) is 22.7 Å². The van der Waals surface area contributed by atoms with Gasteiger partial charge < -0.3 is 28.4 Å². The van der Waals surface area contributed by atoms with Crippen LogP contribution in [0.2, 0.25) is 0 Å². The molecule has 0 unspecified atom stereocenters. The fourth-order valence-electron chi connectivity index (χ4n) is 8.82. The minimum atomic E-state index is 0.477. The molecule has 0 atom stereocenters. The molecule has 0 aliphatic rings. The third-order valence-electron chi connectivity index (χ3n) is 12.7. The van der Waals surface area contributed by atoms with Gasteiger partial charge in [-0.3, -0.25) is 0 Å². The lowest BCUT2D eigenvalue weighted by atomic mass is 10.0. The fourth-order valence-corrected chi connectivity index (χ4v) is 11.6. The molecule has 11 heteroatoms. The van der Waals surface area contributed by atoms with Gasteiger partial charge in [0.25, 0.3) is 0 Å². The first-order chi connectivity index (χ1) is 37.8. The van der Waals surface area contributed by atoms with E-state index in [1.807, 2.05) is 194 Å². The molecule has 0 bridgehead atoms. The molecule has 8 nitrogen and oxygen atoms in total. The maximum absolute atomic E-state index is 7.16. The van der Waals surface area contributed by atoms with Crippen molar-refractivity contribution in [2.24, 2.45) is 0 Å². The molecule has 0 spiro atoms. The number of thiophene rings is 2. The van der Waals surface area contributed by atoms with Gasteiger partial charge in [0.05, 0.1) is 34.0 Å². The van der Waals surface area contributed by atoms with Crippen LogP contribution in [0.25, 0.3) is 52.8 Å². The van der Waals surface area contributed by atoms with Crippen molar-refractivity contribution >= 4 is 45.4 Å². The van der Waals surface area contributed by atoms with E-state index in [0.717, 1.165) is 75.7 Å². The first kappa shape index (κ1) is 48.9. The maximum atomic E-state index is 7.16. The highest BCUT2D eigenvalue weighted by atomic mass is 32.1. The van der Waals surface area contributed by atoms with Crippen molar-refractivity contribution < 1.29 is 28.4 Å². The molecular formula is C66H48N2O6S3. The molecule has 3 heterocycles. The molecule has 0 fully saturated rings. The second kappa shape index (κ2) is 21.7. The zero-order valence-corrected chi connectivity index (χ0v) is 44.8. The third kappa shape index (κ3) is 10.7. The quantitative estimate of drug-likeness (QED) is 0.0947. The summed E-state index contributed by atoms with van der Waals surface area (Å²) in [4.78, 5) is 3.54. The van der Waals surface area contributed by atoms with Gasteiger partial charge >= 0.3 is 0 Å². The summed E-state index contributed by atoms with van der Waals surface area (Å²) in [6.07, 6.45) is 0. The van der Waals surface area contributed by atoms with Crippen LogP contribution in [0.5, 0.6) is 69.0 Å². The summed E-state index contributed by atoms with van der Waals surface area (Å²) in [7, 11) is 0. The minimum absolute atomic E-state index is 0.477. The number of benzene rings is 9. The smallest absolute Gasteiger partial charge is 0.181 e. The fraction of sp³-hybridized carbons (Fsp3) is 0.0606. The van der Waals surface area contributed by atoms with E-state index in [2.05, 4.69) is 52.0 Å². The molecule has 0 saturated carbocycles. The van der Waals surface area contributed by atoms with E-state index in [-0.39, 0.29) is 0 Å². The Morgan fingerprint density at radius 1 is 0.260 bits per heavy atom. The van der Waals surface area contributed by atoms with Crippen LogP contribution in [0.4, 0.5) is 0 Å². The van der Waals surface area contributed by atoms with Crippen molar-refractivity contribution in [3.8, 4) is 111 Å². The number of hydrogen-bond acceptors (Lipinski definition) is 11. The number of fused-ring (bicyclic) bond motifs is 1. The highest BCUT2D eigenvalue weighted by molar-refractivity contribution is 7.19. The third-order valence-corrected chi connectivity index (χ3v) is 15.5. The van der Waals surface area contributed by atoms with Crippen LogP contribution in [-0.2, 0) is 0 Å². The van der Waals surface area contributed by atoms with E-state index >= 15 is 0 Å². The molecule has 0 aliphatic heterocycles. The number of aryl methyl sites for hydroxylation is 4. The van der Waals surface area contributed by atoms with Gasteiger partial charge in [0, 0.05) is 19.5 Å². The van der Waals surface area contributed by atoms with E-state index in [4.69, 9.17) is 37.2 Å². The van der Waals surface area contributed by atoms with Crippen LogP contribution >= 0.6 is 34.4 Å². The minimum Gasteiger partial charge on any atom is -0.457 e. The number of ether oxygens (including phenoxy) is 6. The predicted octanol–water partition coefficient (Wildman–Crippen LogP) is 20.5. The molecule has 0 radical (unpaired) electrons. The summed E-state index contributed by atoms with van der Waals surface area (Å²) in [6, 6.07) is 71.9. The number of para-hydroxylation sites is 2. The van der Waals surface area contributed by atoms with E-state index in [0.29, 0.717) is 80.0 Å². The predicted molar refractivity (Wildman–Crippen MR) is 313 cm³/mol. The van der Waals surface area contributed by atoms with Crippen molar-refractivity contribution in [2.45, 2.75) is 27.7 Å². The van der Waals surface area contributed by atoms with E-state index in [9.17, 15) is 0 Å². The molecule has 376 valence electrons. The largest absolute Gasteiger partial charge is 0.457 e. The van der Waals surface area contributed by atoms with Crippen LogP contribution in [-0.4, -0.2) is 8.75 Å². The standard InChI is InChI=1S/C66H48N2O6S3/c1-41-21-29-47(30-22-41)69-51-17-11-18-52(70-48-31-23-42(2)24-32-48)59(51)55-37-39-57(75-55)61-63-64(68-77-67-63)62(66(74-46-15-9-6-10-16-46)65(61)73-45-13-7-5-8-14-45)58-40-38-56(76-58)60-53(71-49-33-25-43(3)26-34-49)19-12-20-54(60)72-50-35-27-44(4)28-36-50/h5-40H,1-4H3. The molecule has 0 amide bonds. The van der Waals surface area contributed by atoms with Crippen LogP contribution in [0.15, 0.2) is 218 Å². The zero-order valence-electron chi connectivity index (χ0n) is 42.4. The molecule has 0 N–H and O–H groups in total. The van der Waals surface area contributed by atoms with Gasteiger partial charge in [0.15, 0.2) is 11.5 Å². The Morgan fingerprint density at radius 2 is 0.532 bits per heavy atom. The molecule has 3 aromatic heterocycles. The Labute approximate surface area is 458 Å². The first-order valence-electron chi connectivity index (χ1n) is 25.0. The second-order valence-corrected chi connectivity index (χ2v) is 21.1. The van der Waals surface area contributed by atoms with Gasteiger partial charge in [-0.1, -0.05) is 119 Å². The molecule has 12 aromatic rings. The number of hydrogen-bond donors (Lipinski definition) is 0. The topological polar surface area (TPSA) is 81.2 Å². The normalized spacial score (nSPS) is 11.1. The van der Waals surface area contributed by atoms with Gasteiger partial charge in [-0.25, -0.2) is 0 Å². The summed E-state index contributed by atoms with van der Waals surface area (Å²) in [5, 5.41) is 0. The summed E-state index contributed by atoms with van der Waals surface area (Å²) in [6.45, 7) is 8.24. The Bertz CT molecular complexity index is 3610. The number of rotatable bonds is 16. The molecular weight excluding hydrogens is 1010 g/mol. The van der Waals surface area contributed by atoms with Crippen LogP contribution in [0.3, 0.4) is 0 Å². The second-order valence-electron chi connectivity index (χ2n) is 18.4. The summed E-state index contributed by atoms with van der Waals surface area (Å²) < 4.78 is 51.3. The van der Waals surface area contributed by atoms with Crippen LogP contribution in [0.1, 0.15) is 22.3 Å². The Hall–Kier alpha value is -9.00. The lowest BCUT2D eigenvalue weighted by Crippen LogP contribution is -1.97. The molecule has 9 aromatic carbocycles. The Balaban J connectivity index is 1.05. The maximum Gasteiger partial charge on any atom is 0.181 e. The lowest BCUT2D eigenvalue weighted by molar-refractivity contribution is 0.422. The van der Waals surface area contributed by atoms with Crippen molar-refractivity contribution in [3.63, 3.8) is 0 Å². The van der Waals surface area contributed by atoms with Gasteiger partial charge in [-0.15, -0.1) is 22.7 Å². The number of nitrogens with zero attached hydrogens (tertiary/aromatic N) is 2. The Morgan fingerprint density at radius 3 is 0.831 bits per heavy atom. The van der Waals surface area contributed by atoms with E-state index < -0.39 is 0 Å². The van der Waals surface area contributed by atoms with Crippen molar-refractivity contribution in [2.75, 3.05) is 0 Å². The van der Waals surface area contributed by atoms with Crippen molar-refractivity contribution in [1.82, 2.24) is 8.75 Å². The van der Waals surface area contributed by atoms with Crippen LogP contribution in [0, 0.1) is 27.7 Å². The van der Waals surface area contributed by atoms with Crippen molar-refractivity contribution in [3.05, 3.63) is 241 Å². The zero-order chi connectivity index (χ0) is 52.2. The molecule has 0 aliphatic carbocycles. The summed E-state index contributed by atoms with van der Waals surface area (Å²) in [5.41, 5.74) is 8.92. The molecule has 77 heavy (non-hydrogen) atoms. The highest BCUT2D eigenvalue weighted by Crippen LogP contribution is 2.57. The van der Waals surface area contributed by atoms with Crippen LogP contribution < -0.4 is 28.4 Å². The summed E-state index contributed by atoms with van der Waals surface area (Å²) >= 11 is 4.30. The summed E-state index contributed by atoms with van der Waals surface area (Å²) in [5.74, 6) is 7.60. The van der Waals surface area contributed by atoms with Crippen molar-refractivity contribution in [1.29, 1.82) is 0 Å². The Kier molecular flexibility index (Phi) is 13.8. The average Bonchev–Trinajstić information content (AvgIpc) is 4.26. The van der Waals surface area contributed by atoms with Gasteiger partial charge in [0.1, 0.15) is 68.5 Å². The first-order valence-corrected chi connectivity index (χ1v) is 27.4. The monoisotopic (exact) mass is 1060 g/mol.